The molecule has 2 rings (SSSR count). The summed E-state index contributed by atoms with van der Waals surface area (Å²) in [5.74, 6) is 0.0127. The lowest BCUT2D eigenvalue weighted by Gasteiger charge is -2.45. The van der Waals surface area contributed by atoms with Crippen LogP contribution >= 0.6 is 11.8 Å². The fourth-order valence-corrected chi connectivity index (χ4v) is 5.50. The van der Waals surface area contributed by atoms with Crippen LogP contribution in [0, 0.1) is 5.92 Å². The van der Waals surface area contributed by atoms with E-state index in [2.05, 4.69) is 17.6 Å². The number of nitrogens with two attached hydrogens (primary N) is 1. The summed E-state index contributed by atoms with van der Waals surface area (Å²) in [6.45, 7) is 5.08. The van der Waals surface area contributed by atoms with Gasteiger partial charge in [-0.25, -0.2) is 0 Å². The van der Waals surface area contributed by atoms with Gasteiger partial charge in [0.2, 0.25) is 11.8 Å². The first kappa shape index (κ1) is 28.3. The van der Waals surface area contributed by atoms with Crippen LogP contribution in [0.2, 0.25) is 0 Å². The van der Waals surface area contributed by atoms with Gasteiger partial charge in [0.1, 0.15) is 29.9 Å². The van der Waals surface area contributed by atoms with Crippen LogP contribution in [-0.4, -0.2) is 106 Å². The summed E-state index contributed by atoms with van der Waals surface area (Å²) < 4.78 is 5.93. The minimum absolute atomic E-state index is 0.207. The van der Waals surface area contributed by atoms with Gasteiger partial charge in [0.25, 0.3) is 0 Å². The number of carbonyl (C=O) groups excluding carboxylic acids is 2. The van der Waals surface area contributed by atoms with E-state index < -0.39 is 41.9 Å². The second-order valence-electron chi connectivity index (χ2n) is 9.31. The van der Waals surface area contributed by atoms with E-state index >= 15 is 0 Å². The highest BCUT2D eigenvalue weighted by molar-refractivity contribution is 7.99. The van der Waals surface area contributed by atoms with Crippen molar-refractivity contribution in [1.82, 2.24) is 15.5 Å². The highest BCUT2D eigenvalue weighted by atomic mass is 32.2. The number of nitrogens with zero attached hydrogens (tertiary/aromatic N) is 1. The summed E-state index contributed by atoms with van der Waals surface area (Å²) >= 11 is 1.20. The fraction of sp³-hybridized carbons (Fsp3) is 0.909. The van der Waals surface area contributed by atoms with Crippen molar-refractivity contribution in [2.75, 3.05) is 26.4 Å². The van der Waals surface area contributed by atoms with Crippen LogP contribution < -0.4 is 16.4 Å². The summed E-state index contributed by atoms with van der Waals surface area (Å²) in [6.07, 6.45) is 0.174. The number of ether oxygens (including phenoxy) is 1. The standard InChI is InChI=1S/C22H42N4O6S/c1-5-7-13-10-14(26(3)11-13)21(31)25-16(12(2)24-15(27)8-6-9-23)20-18(29)17(28)19(30)22(32-20)33-4/h12-14,16-20,22,28-30H,5-11,23H2,1-4H3,(H,24,27)(H,25,31)/t12-,13+,14-,16+,17?,18?,19?,20?,22?/m0/s1. The Morgan fingerprint density at radius 1 is 1.21 bits per heavy atom. The Hall–Kier alpha value is -0.950. The molecule has 0 aromatic rings. The minimum Gasteiger partial charge on any atom is -0.388 e. The number of thioether (sulfide) groups is 1. The number of aliphatic hydroxyl groups excluding tert-OH is 3. The number of likely N-dealkylation sites (N-methyl/N-ethyl adjacent to an activating group) is 1. The Bertz CT molecular complexity index is 642. The number of carbonyl (C=O) groups is 2. The van der Waals surface area contributed by atoms with Gasteiger partial charge in [0.15, 0.2) is 0 Å². The van der Waals surface area contributed by atoms with Gasteiger partial charge in [0.05, 0.1) is 12.1 Å². The third kappa shape index (κ3) is 7.27. The second kappa shape index (κ2) is 13.2. The molecule has 10 nitrogen and oxygen atoms in total. The number of hydrogen-bond acceptors (Lipinski definition) is 9. The first-order chi connectivity index (χ1) is 15.6. The van der Waals surface area contributed by atoms with Gasteiger partial charge in [-0.05, 0) is 52.0 Å². The molecule has 0 saturated carbocycles. The van der Waals surface area contributed by atoms with Crippen LogP contribution in [0.25, 0.3) is 0 Å². The Morgan fingerprint density at radius 3 is 2.52 bits per heavy atom. The summed E-state index contributed by atoms with van der Waals surface area (Å²) in [5.41, 5.74) is 4.71. The Kier molecular flexibility index (Phi) is 11.3. The highest BCUT2D eigenvalue weighted by Crippen LogP contribution is 2.30. The van der Waals surface area contributed by atoms with Crippen LogP contribution in [0.4, 0.5) is 0 Å². The van der Waals surface area contributed by atoms with Crippen molar-refractivity contribution in [2.45, 2.75) is 93.9 Å². The van der Waals surface area contributed by atoms with Crippen LogP contribution in [0.15, 0.2) is 0 Å². The van der Waals surface area contributed by atoms with Gasteiger partial charge in [-0.3, -0.25) is 14.5 Å². The molecule has 0 bridgehead atoms. The van der Waals surface area contributed by atoms with Gasteiger partial charge in [-0.2, -0.15) is 0 Å². The summed E-state index contributed by atoms with van der Waals surface area (Å²) in [4.78, 5) is 27.7. The summed E-state index contributed by atoms with van der Waals surface area (Å²) in [6, 6.07) is -1.73. The molecule has 2 aliphatic heterocycles. The number of nitrogens with one attached hydrogen (secondary N) is 2. The molecular weight excluding hydrogens is 448 g/mol. The maximum Gasteiger partial charge on any atom is 0.237 e. The quantitative estimate of drug-likeness (QED) is 0.214. The molecule has 33 heavy (non-hydrogen) atoms. The molecule has 0 radical (unpaired) electrons. The van der Waals surface area contributed by atoms with Gasteiger partial charge < -0.3 is 36.4 Å². The zero-order valence-corrected chi connectivity index (χ0v) is 21.0. The fourth-order valence-electron chi connectivity index (χ4n) is 4.83. The zero-order valence-electron chi connectivity index (χ0n) is 20.1. The van der Waals surface area contributed by atoms with Crippen LogP contribution in [-0.2, 0) is 14.3 Å². The van der Waals surface area contributed by atoms with Crippen molar-refractivity contribution in [3.05, 3.63) is 0 Å². The van der Waals surface area contributed by atoms with E-state index in [0.717, 1.165) is 25.8 Å². The largest absolute Gasteiger partial charge is 0.388 e. The molecule has 0 aromatic heterocycles. The predicted molar refractivity (Wildman–Crippen MR) is 127 cm³/mol. The lowest BCUT2D eigenvalue weighted by molar-refractivity contribution is -0.207. The normalized spacial score (nSPS) is 34.6. The molecule has 0 spiro atoms. The van der Waals surface area contributed by atoms with Crippen LogP contribution in [0.1, 0.15) is 46.0 Å². The molecule has 2 aliphatic rings. The van der Waals surface area contributed by atoms with Gasteiger partial charge >= 0.3 is 0 Å². The monoisotopic (exact) mass is 490 g/mol. The highest BCUT2D eigenvalue weighted by Gasteiger charge is 2.48. The van der Waals surface area contributed by atoms with E-state index in [0.29, 0.717) is 18.9 Å². The van der Waals surface area contributed by atoms with Crippen molar-refractivity contribution in [2.24, 2.45) is 11.7 Å². The van der Waals surface area contributed by atoms with E-state index in [4.69, 9.17) is 10.5 Å². The molecule has 2 saturated heterocycles. The number of amides is 2. The maximum atomic E-state index is 13.3. The average Bonchev–Trinajstić information content (AvgIpc) is 3.15. The van der Waals surface area contributed by atoms with Crippen molar-refractivity contribution >= 4 is 23.6 Å². The lowest BCUT2D eigenvalue weighted by Crippen LogP contribution is -2.67. The topological polar surface area (TPSA) is 157 Å². The van der Waals surface area contributed by atoms with Crippen molar-refractivity contribution in [1.29, 1.82) is 0 Å². The van der Waals surface area contributed by atoms with Gasteiger partial charge in [0, 0.05) is 19.0 Å². The minimum atomic E-state index is -1.44. The molecule has 2 heterocycles. The Balaban J connectivity index is 2.21. The van der Waals surface area contributed by atoms with E-state index in [1.807, 2.05) is 11.9 Å². The number of hydrogen-bond donors (Lipinski definition) is 6. The van der Waals surface area contributed by atoms with Crippen molar-refractivity contribution in [3.63, 3.8) is 0 Å². The molecule has 11 heteroatoms. The molecule has 5 unspecified atom stereocenters. The third-order valence-electron chi connectivity index (χ3n) is 6.67. The van der Waals surface area contributed by atoms with Crippen molar-refractivity contribution < 1.29 is 29.6 Å². The molecule has 2 fully saturated rings. The molecule has 0 aromatic carbocycles. The molecule has 9 atom stereocenters. The first-order valence-electron chi connectivity index (χ1n) is 11.9. The second-order valence-corrected chi connectivity index (χ2v) is 10.2. The lowest BCUT2D eigenvalue weighted by atomic mass is 9.90. The van der Waals surface area contributed by atoms with E-state index in [-0.39, 0.29) is 24.3 Å². The van der Waals surface area contributed by atoms with Crippen LogP contribution in [0.3, 0.4) is 0 Å². The Morgan fingerprint density at radius 2 is 1.91 bits per heavy atom. The number of likely N-dealkylation sites (tertiary alicyclic amines) is 1. The van der Waals surface area contributed by atoms with Crippen LogP contribution in [0.5, 0.6) is 0 Å². The molecular formula is C22H42N4O6S. The number of aliphatic hydroxyl groups is 3. The van der Waals surface area contributed by atoms with E-state index in [9.17, 15) is 24.9 Å². The van der Waals surface area contributed by atoms with Gasteiger partial charge in [-0.15, -0.1) is 11.8 Å². The molecule has 2 amide bonds. The third-order valence-corrected chi connectivity index (χ3v) is 7.53. The molecule has 7 N–H and O–H groups in total. The molecule has 0 aliphatic carbocycles. The Labute approximate surface area is 201 Å². The number of rotatable bonds is 11. The first-order valence-corrected chi connectivity index (χ1v) is 13.2. The zero-order chi connectivity index (χ0) is 24.7. The maximum absolute atomic E-state index is 13.3. The SMILES string of the molecule is CCC[C@@H]1C[C@@H](C(=O)N[C@@H](C2OC(SC)C(O)C(O)C2O)[C@H](C)NC(=O)CCCN)N(C)C1. The average molecular weight is 491 g/mol. The van der Waals surface area contributed by atoms with Crippen molar-refractivity contribution in [3.8, 4) is 0 Å². The summed E-state index contributed by atoms with van der Waals surface area (Å²) in [7, 11) is 1.92. The van der Waals surface area contributed by atoms with E-state index in [1.165, 1.54) is 11.8 Å². The van der Waals surface area contributed by atoms with Gasteiger partial charge in [-0.1, -0.05) is 13.3 Å². The summed E-state index contributed by atoms with van der Waals surface area (Å²) in [5, 5.41) is 37.2. The smallest absolute Gasteiger partial charge is 0.237 e. The molecule has 192 valence electrons. The predicted octanol–water partition coefficient (Wildman–Crippen LogP) is -0.994. The van der Waals surface area contributed by atoms with E-state index in [1.54, 1.807) is 13.2 Å².